The molecule has 3 aliphatic heterocycles. The van der Waals surface area contributed by atoms with Gasteiger partial charge in [-0.1, -0.05) is 18.2 Å². The van der Waals surface area contributed by atoms with Crippen LogP contribution in [-0.4, -0.2) is 36.9 Å². The summed E-state index contributed by atoms with van der Waals surface area (Å²) in [6.45, 7) is 7.33. The van der Waals surface area contributed by atoms with Crippen LogP contribution in [0.15, 0.2) is 48.6 Å². The zero-order valence-electron chi connectivity index (χ0n) is 19.2. The molecule has 2 aromatic rings. The van der Waals surface area contributed by atoms with Crippen LogP contribution in [0, 0.1) is 0 Å². The molecule has 0 spiro atoms. The van der Waals surface area contributed by atoms with Crippen molar-refractivity contribution in [3.63, 3.8) is 0 Å². The number of anilines is 1. The quantitative estimate of drug-likeness (QED) is 0.374. The Labute approximate surface area is 190 Å². The summed E-state index contributed by atoms with van der Waals surface area (Å²) in [5.41, 5.74) is 9.23. The molecule has 0 amide bonds. The summed E-state index contributed by atoms with van der Waals surface area (Å²) < 4.78 is 7.30. The van der Waals surface area contributed by atoms with Gasteiger partial charge in [0.1, 0.15) is 12.8 Å². The van der Waals surface area contributed by atoms with Crippen LogP contribution >= 0.6 is 0 Å². The standard InChI is InChI=1S/C28H31N2O2/c1-28(2)24-18-23(32-19-31)12-13-25(24)29(3)26(28)11-5-4-8-20-16-21-9-6-14-30-15-7-10-22(17-20)27(21)30/h4-5,8,11-13,16-19H,6-7,9-10,14-15H2,1-3H3/q+1. The zero-order chi connectivity index (χ0) is 22.3. The van der Waals surface area contributed by atoms with E-state index >= 15 is 0 Å². The number of hydrogen-bond donors (Lipinski definition) is 0. The van der Waals surface area contributed by atoms with Gasteiger partial charge in [0.05, 0.1) is 5.41 Å². The number of carbonyl (C=O) groups excluding carboxylic acids is 1. The Bertz CT molecular complexity index is 1140. The number of allylic oxidation sites excluding steroid dienone is 3. The van der Waals surface area contributed by atoms with Crippen LogP contribution in [-0.2, 0) is 23.1 Å². The van der Waals surface area contributed by atoms with Crippen LogP contribution in [0.5, 0.6) is 5.75 Å². The number of rotatable bonds is 5. The average Bonchev–Trinajstić information content (AvgIpc) is 2.97. The maximum atomic E-state index is 10.7. The van der Waals surface area contributed by atoms with Crippen molar-refractivity contribution in [2.24, 2.45) is 0 Å². The fourth-order valence-electron chi connectivity index (χ4n) is 5.68. The number of carbonyl (C=O) groups is 1. The monoisotopic (exact) mass is 427 g/mol. The average molecular weight is 428 g/mol. The molecular weight excluding hydrogens is 396 g/mol. The van der Waals surface area contributed by atoms with Crippen LogP contribution in [0.2, 0.25) is 0 Å². The van der Waals surface area contributed by atoms with E-state index in [4.69, 9.17) is 4.74 Å². The first-order valence-electron chi connectivity index (χ1n) is 11.6. The number of aryl methyl sites for hydroxylation is 2. The highest BCUT2D eigenvalue weighted by Crippen LogP contribution is 2.41. The molecule has 0 saturated heterocycles. The van der Waals surface area contributed by atoms with Gasteiger partial charge in [-0.15, -0.1) is 0 Å². The number of nitrogens with zero attached hydrogens (tertiary/aromatic N) is 2. The third-order valence-electron chi connectivity index (χ3n) is 7.20. The Kier molecular flexibility index (Phi) is 5.24. The van der Waals surface area contributed by atoms with E-state index in [-0.39, 0.29) is 5.41 Å². The summed E-state index contributed by atoms with van der Waals surface area (Å²) >= 11 is 0. The Morgan fingerprint density at radius 1 is 1.00 bits per heavy atom. The molecule has 2 aromatic carbocycles. The summed E-state index contributed by atoms with van der Waals surface area (Å²) in [6.07, 6.45) is 13.6. The predicted molar refractivity (Wildman–Crippen MR) is 130 cm³/mol. The molecule has 0 bridgehead atoms. The molecule has 3 aliphatic rings. The minimum absolute atomic E-state index is 0.171. The van der Waals surface area contributed by atoms with Crippen molar-refractivity contribution in [2.75, 3.05) is 25.0 Å². The van der Waals surface area contributed by atoms with Gasteiger partial charge in [0.2, 0.25) is 5.69 Å². The van der Waals surface area contributed by atoms with E-state index in [0.29, 0.717) is 12.2 Å². The first-order chi connectivity index (χ1) is 15.5. The first-order valence-corrected chi connectivity index (χ1v) is 11.6. The number of fused-ring (bicyclic) bond motifs is 1. The van der Waals surface area contributed by atoms with Crippen molar-refractivity contribution in [1.29, 1.82) is 0 Å². The lowest BCUT2D eigenvalue weighted by Crippen LogP contribution is -2.34. The van der Waals surface area contributed by atoms with Crippen LogP contribution in [0.4, 0.5) is 11.4 Å². The topological polar surface area (TPSA) is 32.5 Å². The molecule has 0 fully saturated rings. The van der Waals surface area contributed by atoms with Gasteiger partial charge in [-0.3, -0.25) is 4.79 Å². The van der Waals surface area contributed by atoms with E-state index in [1.807, 2.05) is 18.2 Å². The van der Waals surface area contributed by atoms with Crippen molar-refractivity contribution < 1.29 is 14.1 Å². The number of ether oxygens (including phenoxy) is 1. The Morgan fingerprint density at radius 3 is 2.38 bits per heavy atom. The van der Waals surface area contributed by atoms with E-state index < -0.39 is 0 Å². The lowest BCUT2D eigenvalue weighted by atomic mass is 9.81. The van der Waals surface area contributed by atoms with Gasteiger partial charge < -0.3 is 9.64 Å². The second-order valence-corrected chi connectivity index (χ2v) is 9.56. The Balaban J connectivity index is 1.38. The molecule has 164 valence electrons. The van der Waals surface area contributed by atoms with Gasteiger partial charge in [0.25, 0.3) is 6.47 Å². The molecule has 4 nitrogen and oxygen atoms in total. The summed E-state index contributed by atoms with van der Waals surface area (Å²) in [5, 5.41) is 0. The molecule has 0 unspecified atom stereocenters. The highest BCUT2D eigenvalue weighted by molar-refractivity contribution is 6.03. The summed E-state index contributed by atoms with van der Waals surface area (Å²) in [7, 11) is 2.09. The zero-order valence-corrected chi connectivity index (χ0v) is 19.2. The number of benzene rings is 2. The van der Waals surface area contributed by atoms with Crippen LogP contribution < -0.4 is 9.64 Å². The maximum absolute atomic E-state index is 10.7. The van der Waals surface area contributed by atoms with Crippen molar-refractivity contribution >= 4 is 29.6 Å². The van der Waals surface area contributed by atoms with Gasteiger partial charge in [-0.2, -0.15) is 4.58 Å². The van der Waals surface area contributed by atoms with E-state index in [0.717, 1.165) is 5.69 Å². The third kappa shape index (κ3) is 3.48. The van der Waals surface area contributed by atoms with Gasteiger partial charge in [0.15, 0.2) is 5.71 Å². The first kappa shape index (κ1) is 20.7. The van der Waals surface area contributed by atoms with Gasteiger partial charge >= 0.3 is 0 Å². The molecule has 0 aromatic heterocycles. The Hall–Kier alpha value is -3.14. The van der Waals surface area contributed by atoms with E-state index in [9.17, 15) is 4.79 Å². The normalized spacial score (nSPS) is 18.9. The lowest BCUT2D eigenvalue weighted by Gasteiger charge is -2.37. The molecule has 0 N–H and O–H groups in total. The SMILES string of the molecule is C[N+]1=C(C=CC=Cc2cc3c4c(c2)CCCN4CCC3)C(C)(C)c2cc(OC=O)ccc21. The fourth-order valence-corrected chi connectivity index (χ4v) is 5.68. The second kappa shape index (κ2) is 8.09. The minimum atomic E-state index is -0.171. The van der Waals surface area contributed by atoms with Crippen molar-refractivity contribution in [3.8, 4) is 5.75 Å². The highest BCUT2D eigenvalue weighted by Gasteiger charge is 2.43. The molecule has 3 heterocycles. The van der Waals surface area contributed by atoms with E-state index in [1.165, 1.54) is 72.4 Å². The van der Waals surface area contributed by atoms with Crippen LogP contribution in [0.25, 0.3) is 6.08 Å². The maximum Gasteiger partial charge on any atom is 0.298 e. The van der Waals surface area contributed by atoms with Gasteiger partial charge in [-0.25, -0.2) is 0 Å². The Morgan fingerprint density at radius 2 is 1.69 bits per heavy atom. The number of hydrogen-bond acceptors (Lipinski definition) is 3. The van der Waals surface area contributed by atoms with Crippen LogP contribution in [0.3, 0.4) is 0 Å². The van der Waals surface area contributed by atoms with Gasteiger partial charge in [0, 0.05) is 36.5 Å². The largest absolute Gasteiger partial charge is 0.429 e. The molecule has 0 atom stereocenters. The molecule has 0 aliphatic carbocycles. The highest BCUT2D eigenvalue weighted by atomic mass is 16.5. The van der Waals surface area contributed by atoms with Crippen molar-refractivity contribution in [2.45, 2.75) is 44.9 Å². The minimum Gasteiger partial charge on any atom is -0.429 e. The molecule has 4 heteroatoms. The van der Waals surface area contributed by atoms with E-state index in [1.54, 1.807) is 0 Å². The smallest absolute Gasteiger partial charge is 0.298 e. The van der Waals surface area contributed by atoms with Gasteiger partial charge in [-0.05, 0) is 80.5 Å². The van der Waals surface area contributed by atoms with Crippen LogP contribution in [0.1, 0.15) is 48.9 Å². The summed E-state index contributed by atoms with van der Waals surface area (Å²) in [4.78, 5) is 13.3. The molecule has 5 rings (SSSR count). The molecule has 0 saturated carbocycles. The second-order valence-electron chi connectivity index (χ2n) is 9.56. The molecule has 0 radical (unpaired) electrons. The summed E-state index contributed by atoms with van der Waals surface area (Å²) in [6, 6.07) is 10.6. The third-order valence-corrected chi connectivity index (χ3v) is 7.20. The molecular formula is C28H31N2O2+. The van der Waals surface area contributed by atoms with Crippen molar-refractivity contribution in [3.05, 3.63) is 70.8 Å². The fraction of sp³-hybridized carbons (Fsp3) is 0.357. The lowest BCUT2D eigenvalue weighted by molar-refractivity contribution is -0.401. The van der Waals surface area contributed by atoms with E-state index in [2.05, 4.69) is 66.8 Å². The van der Waals surface area contributed by atoms with Crippen molar-refractivity contribution in [1.82, 2.24) is 0 Å². The summed E-state index contributed by atoms with van der Waals surface area (Å²) in [5.74, 6) is 0.584. The molecule has 32 heavy (non-hydrogen) atoms. The predicted octanol–water partition coefficient (Wildman–Crippen LogP) is 5.20.